The predicted octanol–water partition coefficient (Wildman–Crippen LogP) is 4.31. The van der Waals surface area contributed by atoms with Gasteiger partial charge in [-0.25, -0.2) is 4.98 Å². The minimum Gasteiger partial charge on any atom is -0.307 e. The molecule has 0 saturated carbocycles. The second-order valence-electron chi connectivity index (χ2n) is 5.44. The van der Waals surface area contributed by atoms with Gasteiger partial charge in [0.25, 0.3) is 5.69 Å². The van der Waals surface area contributed by atoms with Gasteiger partial charge in [0.05, 0.1) is 10.5 Å². The van der Waals surface area contributed by atoms with Crippen molar-refractivity contribution in [3.8, 4) is 11.1 Å². The van der Waals surface area contributed by atoms with E-state index in [1.165, 1.54) is 18.2 Å². The van der Waals surface area contributed by atoms with Crippen LogP contribution in [0.1, 0.15) is 5.56 Å². The molecule has 6 heteroatoms. The number of amides is 1. The number of carbonyl (C=O) groups excluding carboxylic acids is 1. The highest BCUT2D eigenvalue weighted by Crippen LogP contribution is 2.20. The molecular weight excluding hydrogens is 330 g/mol. The molecule has 2 aromatic carbocycles. The van der Waals surface area contributed by atoms with Crippen LogP contribution in [-0.4, -0.2) is 15.8 Å². The predicted molar refractivity (Wildman–Crippen MR) is 100 cm³/mol. The van der Waals surface area contributed by atoms with E-state index in [0.29, 0.717) is 11.4 Å². The van der Waals surface area contributed by atoms with Crippen LogP contribution in [0, 0.1) is 10.1 Å². The van der Waals surface area contributed by atoms with Crippen LogP contribution in [0.2, 0.25) is 0 Å². The van der Waals surface area contributed by atoms with Crippen LogP contribution >= 0.6 is 0 Å². The zero-order valence-electron chi connectivity index (χ0n) is 13.7. The van der Waals surface area contributed by atoms with Gasteiger partial charge in [-0.3, -0.25) is 14.9 Å². The second kappa shape index (κ2) is 7.85. The van der Waals surface area contributed by atoms with E-state index in [1.54, 1.807) is 30.5 Å². The molecule has 0 aliphatic rings. The van der Waals surface area contributed by atoms with Gasteiger partial charge >= 0.3 is 0 Å². The first kappa shape index (κ1) is 17.0. The Balaban J connectivity index is 1.68. The number of hydrogen-bond acceptors (Lipinski definition) is 4. The van der Waals surface area contributed by atoms with E-state index < -0.39 is 10.8 Å². The maximum absolute atomic E-state index is 12.0. The molecule has 0 fully saturated rings. The summed E-state index contributed by atoms with van der Waals surface area (Å²) in [5, 5.41) is 13.6. The first-order valence-electron chi connectivity index (χ1n) is 7.87. The van der Waals surface area contributed by atoms with Crippen molar-refractivity contribution in [1.29, 1.82) is 0 Å². The van der Waals surface area contributed by atoms with Crippen molar-refractivity contribution in [3.05, 3.63) is 94.7 Å². The van der Waals surface area contributed by atoms with E-state index in [4.69, 9.17) is 0 Å². The Morgan fingerprint density at radius 3 is 2.38 bits per heavy atom. The molecule has 1 amide bonds. The number of nitro benzene ring substituents is 1. The van der Waals surface area contributed by atoms with Gasteiger partial charge in [-0.1, -0.05) is 42.5 Å². The fourth-order valence-electron chi connectivity index (χ4n) is 2.40. The number of benzene rings is 2. The highest BCUT2D eigenvalue weighted by molar-refractivity contribution is 6.01. The van der Waals surface area contributed by atoms with Crippen molar-refractivity contribution in [3.63, 3.8) is 0 Å². The van der Waals surface area contributed by atoms with Crippen LogP contribution in [0.4, 0.5) is 11.5 Å². The van der Waals surface area contributed by atoms with Crippen molar-refractivity contribution in [2.75, 3.05) is 5.32 Å². The molecule has 6 nitrogen and oxygen atoms in total. The number of para-hydroxylation sites is 1. The molecule has 0 aliphatic heterocycles. The molecule has 3 aromatic rings. The number of pyridine rings is 1. The highest BCUT2D eigenvalue weighted by Gasteiger charge is 2.10. The van der Waals surface area contributed by atoms with E-state index in [-0.39, 0.29) is 5.69 Å². The maximum atomic E-state index is 12.0. The molecular formula is C20H15N3O3. The largest absolute Gasteiger partial charge is 0.307 e. The lowest BCUT2D eigenvalue weighted by Gasteiger charge is -2.04. The molecule has 0 saturated heterocycles. The number of hydrogen-bond donors (Lipinski definition) is 1. The molecule has 1 heterocycles. The molecule has 128 valence electrons. The van der Waals surface area contributed by atoms with Gasteiger partial charge in [0.2, 0.25) is 5.91 Å². The molecule has 0 spiro atoms. The Morgan fingerprint density at radius 1 is 0.962 bits per heavy atom. The van der Waals surface area contributed by atoms with Crippen LogP contribution in [0.15, 0.2) is 79.0 Å². The monoisotopic (exact) mass is 345 g/mol. The SMILES string of the molecule is O=C(/C=C/c1ccccc1[N+](=O)[O-])Nc1ccc(-c2ccccc2)cn1. The van der Waals surface area contributed by atoms with Crippen molar-refractivity contribution < 1.29 is 9.72 Å². The van der Waals surface area contributed by atoms with Crippen LogP contribution in [0.25, 0.3) is 17.2 Å². The van der Waals surface area contributed by atoms with Crippen molar-refractivity contribution >= 4 is 23.5 Å². The summed E-state index contributed by atoms with van der Waals surface area (Å²) >= 11 is 0. The van der Waals surface area contributed by atoms with Gasteiger partial charge in [-0.05, 0) is 29.8 Å². The average Bonchev–Trinajstić information content (AvgIpc) is 2.68. The molecule has 0 unspecified atom stereocenters. The Kier molecular flexibility index (Phi) is 5.14. The van der Waals surface area contributed by atoms with Gasteiger partial charge < -0.3 is 5.32 Å². The quantitative estimate of drug-likeness (QED) is 0.424. The lowest BCUT2D eigenvalue weighted by atomic mass is 10.1. The highest BCUT2D eigenvalue weighted by atomic mass is 16.6. The molecule has 0 radical (unpaired) electrons. The zero-order chi connectivity index (χ0) is 18.4. The standard InChI is InChI=1S/C20H15N3O3/c24-20(13-11-16-8-4-5-9-18(16)23(25)26)22-19-12-10-17(14-21-19)15-6-2-1-3-7-15/h1-14H,(H,21,22,24)/b13-11+. The number of nitrogens with zero attached hydrogens (tertiary/aromatic N) is 2. The lowest BCUT2D eigenvalue weighted by Crippen LogP contribution is -2.09. The Labute approximate surface area is 150 Å². The summed E-state index contributed by atoms with van der Waals surface area (Å²) in [6.07, 6.45) is 4.33. The van der Waals surface area contributed by atoms with Gasteiger partial charge in [0, 0.05) is 23.9 Å². The van der Waals surface area contributed by atoms with Crippen LogP contribution in [0.3, 0.4) is 0 Å². The molecule has 0 aliphatic carbocycles. The van der Waals surface area contributed by atoms with Gasteiger partial charge in [0.1, 0.15) is 5.82 Å². The number of aromatic nitrogens is 1. The second-order valence-corrected chi connectivity index (χ2v) is 5.44. The summed E-state index contributed by atoms with van der Waals surface area (Å²) < 4.78 is 0. The van der Waals surface area contributed by atoms with Gasteiger partial charge in [0.15, 0.2) is 0 Å². The fraction of sp³-hybridized carbons (Fsp3) is 0. The van der Waals surface area contributed by atoms with Crippen LogP contribution in [-0.2, 0) is 4.79 Å². The Bertz CT molecular complexity index is 952. The minimum absolute atomic E-state index is 0.0538. The summed E-state index contributed by atoms with van der Waals surface area (Å²) in [5.74, 6) is -0.00925. The smallest absolute Gasteiger partial charge is 0.276 e. The van der Waals surface area contributed by atoms with Crippen molar-refractivity contribution in [2.45, 2.75) is 0 Å². The van der Waals surface area contributed by atoms with E-state index >= 15 is 0 Å². The zero-order valence-corrected chi connectivity index (χ0v) is 13.7. The molecule has 0 bridgehead atoms. The van der Waals surface area contributed by atoms with E-state index in [2.05, 4.69) is 10.3 Å². The maximum Gasteiger partial charge on any atom is 0.276 e. The van der Waals surface area contributed by atoms with E-state index in [1.807, 2.05) is 36.4 Å². The van der Waals surface area contributed by atoms with Gasteiger partial charge in [-0.2, -0.15) is 0 Å². The number of carbonyl (C=O) groups is 1. The summed E-state index contributed by atoms with van der Waals surface area (Å²) in [5.41, 5.74) is 2.29. The first-order valence-corrected chi connectivity index (χ1v) is 7.87. The van der Waals surface area contributed by atoms with E-state index in [9.17, 15) is 14.9 Å². The number of rotatable bonds is 5. The first-order chi connectivity index (χ1) is 12.6. The molecule has 3 rings (SSSR count). The summed E-state index contributed by atoms with van der Waals surface area (Å²) in [4.78, 5) is 26.7. The topological polar surface area (TPSA) is 85.1 Å². The molecule has 26 heavy (non-hydrogen) atoms. The fourth-order valence-corrected chi connectivity index (χ4v) is 2.40. The summed E-state index contributed by atoms with van der Waals surface area (Å²) in [6, 6.07) is 19.6. The van der Waals surface area contributed by atoms with Crippen molar-refractivity contribution in [2.24, 2.45) is 0 Å². The molecule has 1 N–H and O–H groups in total. The Hall–Kier alpha value is -3.80. The lowest BCUT2D eigenvalue weighted by molar-refractivity contribution is -0.385. The van der Waals surface area contributed by atoms with Crippen molar-refractivity contribution in [1.82, 2.24) is 4.98 Å². The third kappa shape index (κ3) is 4.18. The number of anilines is 1. The minimum atomic E-state index is -0.485. The Morgan fingerprint density at radius 2 is 1.69 bits per heavy atom. The number of nitro groups is 1. The number of nitrogens with one attached hydrogen (secondary N) is 1. The van der Waals surface area contributed by atoms with Crippen LogP contribution < -0.4 is 5.32 Å². The van der Waals surface area contributed by atoms with Gasteiger partial charge in [-0.15, -0.1) is 0 Å². The molecule has 1 aromatic heterocycles. The summed E-state index contributed by atoms with van der Waals surface area (Å²) in [7, 11) is 0. The van der Waals surface area contributed by atoms with E-state index in [0.717, 1.165) is 11.1 Å². The molecule has 0 atom stereocenters. The van der Waals surface area contributed by atoms with Crippen LogP contribution in [0.5, 0.6) is 0 Å². The summed E-state index contributed by atoms with van der Waals surface area (Å²) in [6.45, 7) is 0. The normalized spacial score (nSPS) is 10.6. The third-order valence-corrected chi connectivity index (χ3v) is 3.67. The average molecular weight is 345 g/mol. The third-order valence-electron chi connectivity index (χ3n) is 3.67.